The molecule has 12 heavy (non-hydrogen) atoms. The number of rotatable bonds is 4. The molecule has 0 fully saturated rings. The Morgan fingerprint density at radius 2 is 2.17 bits per heavy atom. The van der Waals surface area contributed by atoms with E-state index in [2.05, 4.69) is 4.74 Å². The van der Waals surface area contributed by atoms with E-state index in [-0.39, 0.29) is 6.61 Å². The summed E-state index contributed by atoms with van der Waals surface area (Å²) < 4.78 is 4.57. The topological polar surface area (TPSA) is 66.8 Å². The fraction of sp³-hybridized carbons (Fsp3) is 0.625. The molecule has 4 nitrogen and oxygen atoms in total. The lowest BCUT2D eigenvalue weighted by Crippen LogP contribution is -2.28. The molecule has 70 valence electrons. The van der Waals surface area contributed by atoms with Crippen LogP contribution in [0.1, 0.15) is 13.8 Å². The van der Waals surface area contributed by atoms with Gasteiger partial charge in [-0.2, -0.15) is 0 Å². The van der Waals surface area contributed by atoms with Gasteiger partial charge >= 0.3 is 5.97 Å². The smallest absolute Gasteiger partial charge is 0.330 e. The van der Waals surface area contributed by atoms with E-state index in [9.17, 15) is 4.79 Å². The maximum absolute atomic E-state index is 10.7. The molecule has 0 amide bonds. The zero-order valence-electron chi connectivity index (χ0n) is 7.23. The summed E-state index contributed by atoms with van der Waals surface area (Å²) in [5.74, 6) is -0.516. The quantitative estimate of drug-likeness (QED) is 0.459. The molecule has 4 heteroatoms. The molecule has 2 atom stereocenters. The first-order valence-electron chi connectivity index (χ1n) is 3.73. The Bertz CT molecular complexity index is 162. The molecule has 0 aliphatic rings. The molecule has 0 aromatic carbocycles. The summed E-state index contributed by atoms with van der Waals surface area (Å²) in [5.41, 5.74) is 0. The van der Waals surface area contributed by atoms with Crippen LogP contribution in [0.3, 0.4) is 0 Å². The molecule has 0 aliphatic heterocycles. The van der Waals surface area contributed by atoms with Gasteiger partial charge in [0.2, 0.25) is 0 Å². The van der Waals surface area contributed by atoms with Crippen LogP contribution in [0, 0.1) is 0 Å². The highest BCUT2D eigenvalue weighted by atomic mass is 16.5. The van der Waals surface area contributed by atoms with Crippen molar-refractivity contribution in [3.05, 3.63) is 12.2 Å². The van der Waals surface area contributed by atoms with E-state index in [1.54, 1.807) is 6.92 Å². The predicted octanol–water partition coefficient (Wildman–Crippen LogP) is -0.153. The Hall–Kier alpha value is -0.870. The van der Waals surface area contributed by atoms with E-state index in [1.165, 1.54) is 19.1 Å². The molecule has 0 saturated heterocycles. The van der Waals surface area contributed by atoms with Crippen molar-refractivity contribution < 1.29 is 19.7 Å². The van der Waals surface area contributed by atoms with Gasteiger partial charge in [0.25, 0.3) is 0 Å². The van der Waals surface area contributed by atoms with E-state index in [0.717, 1.165) is 0 Å². The van der Waals surface area contributed by atoms with Gasteiger partial charge in [0.05, 0.1) is 6.10 Å². The van der Waals surface area contributed by atoms with Crippen LogP contribution in [-0.2, 0) is 9.53 Å². The molecule has 0 radical (unpaired) electrons. The van der Waals surface area contributed by atoms with Crippen molar-refractivity contribution in [2.45, 2.75) is 26.1 Å². The van der Waals surface area contributed by atoms with Crippen molar-refractivity contribution >= 4 is 5.97 Å². The van der Waals surface area contributed by atoms with Crippen LogP contribution in [0.25, 0.3) is 0 Å². The Labute approximate surface area is 71.5 Å². The third kappa shape index (κ3) is 4.87. The highest BCUT2D eigenvalue weighted by Gasteiger charge is 2.12. The number of esters is 1. The summed E-state index contributed by atoms with van der Waals surface area (Å²) in [4.78, 5) is 10.7. The fourth-order valence-electron chi connectivity index (χ4n) is 0.491. The van der Waals surface area contributed by atoms with E-state index < -0.39 is 18.2 Å². The van der Waals surface area contributed by atoms with Gasteiger partial charge in [0.15, 0.2) is 0 Å². The normalized spacial score (nSPS) is 16.0. The van der Waals surface area contributed by atoms with Crippen LogP contribution in [0.5, 0.6) is 0 Å². The average molecular weight is 174 g/mol. The van der Waals surface area contributed by atoms with Gasteiger partial charge in [-0.1, -0.05) is 6.08 Å². The van der Waals surface area contributed by atoms with Crippen molar-refractivity contribution in [2.75, 3.05) is 6.61 Å². The fourth-order valence-corrected chi connectivity index (χ4v) is 0.491. The summed E-state index contributed by atoms with van der Waals surface area (Å²) in [5, 5.41) is 17.8. The van der Waals surface area contributed by atoms with E-state index in [0.29, 0.717) is 0 Å². The maximum atomic E-state index is 10.7. The van der Waals surface area contributed by atoms with Crippen molar-refractivity contribution in [2.24, 2.45) is 0 Å². The lowest BCUT2D eigenvalue weighted by molar-refractivity contribution is -0.142. The number of allylic oxidation sites excluding steroid dienone is 1. The van der Waals surface area contributed by atoms with Crippen LogP contribution in [0.2, 0.25) is 0 Å². The largest absolute Gasteiger partial charge is 0.460 e. The van der Waals surface area contributed by atoms with Gasteiger partial charge < -0.3 is 14.9 Å². The van der Waals surface area contributed by atoms with Gasteiger partial charge in [0.1, 0.15) is 12.7 Å². The minimum Gasteiger partial charge on any atom is -0.460 e. The summed E-state index contributed by atoms with van der Waals surface area (Å²) in [6, 6.07) is 0. The molecular weight excluding hydrogens is 160 g/mol. The molecule has 0 bridgehead atoms. The Morgan fingerprint density at radius 3 is 2.58 bits per heavy atom. The van der Waals surface area contributed by atoms with E-state index in [4.69, 9.17) is 10.2 Å². The molecule has 0 saturated carbocycles. The van der Waals surface area contributed by atoms with Crippen LogP contribution >= 0.6 is 0 Å². The SMILES string of the molecule is C/C=C/C(=O)OCC(O)C(C)O. The Morgan fingerprint density at radius 1 is 1.58 bits per heavy atom. The zero-order chi connectivity index (χ0) is 9.56. The van der Waals surface area contributed by atoms with Gasteiger partial charge in [-0.3, -0.25) is 0 Å². The maximum Gasteiger partial charge on any atom is 0.330 e. The third-order valence-corrected chi connectivity index (χ3v) is 1.26. The van der Waals surface area contributed by atoms with Crippen LogP contribution < -0.4 is 0 Å². The highest BCUT2D eigenvalue weighted by molar-refractivity contribution is 5.81. The molecule has 0 aromatic heterocycles. The van der Waals surface area contributed by atoms with Gasteiger partial charge in [-0.25, -0.2) is 4.79 Å². The van der Waals surface area contributed by atoms with E-state index in [1.807, 2.05) is 0 Å². The lowest BCUT2D eigenvalue weighted by Gasteiger charge is -2.12. The van der Waals surface area contributed by atoms with E-state index >= 15 is 0 Å². The highest BCUT2D eigenvalue weighted by Crippen LogP contribution is 1.93. The number of hydrogen-bond acceptors (Lipinski definition) is 4. The van der Waals surface area contributed by atoms with Crippen molar-refractivity contribution in [1.82, 2.24) is 0 Å². The summed E-state index contributed by atoms with van der Waals surface area (Å²) in [6.07, 6.45) is 0.883. The van der Waals surface area contributed by atoms with Gasteiger partial charge in [-0.15, -0.1) is 0 Å². The molecule has 0 aliphatic carbocycles. The second-order valence-corrected chi connectivity index (χ2v) is 2.44. The number of ether oxygens (including phenoxy) is 1. The monoisotopic (exact) mass is 174 g/mol. The number of aliphatic hydroxyl groups excluding tert-OH is 2. The van der Waals surface area contributed by atoms with Crippen molar-refractivity contribution in [3.63, 3.8) is 0 Å². The number of hydrogen-bond donors (Lipinski definition) is 2. The Kier molecular flexibility index (Phi) is 5.32. The first kappa shape index (κ1) is 11.1. The number of carbonyl (C=O) groups excluding carboxylic acids is 1. The average Bonchev–Trinajstić information content (AvgIpc) is 2.00. The van der Waals surface area contributed by atoms with Crippen molar-refractivity contribution in [1.29, 1.82) is 0 Å². The number of aliphatic hydroxyl groups is 2. The lowest BCUT2D eigenvalue weighted by atomic mass is 10.2. The minimum absolute atomic E-state index is 0.180. The Balaban J connectivity index is 3.61. The molecule has 0 heterocycles. The first-order chi connectivity index (χ1) is 5.57. The second kappa shape index (κ2) is 5.74. The second-order valence-electron chi connectivity index (χ2n) is 2.44. The summed E-state index contributed by atoms with van der Waals surface area (Å²) in [7, 11) is 0. The van der Waals surface area contributed by atoms with Crippen LogP contribution in [-0.4, -0.2) is 35.0 Å². The molecule has 0 rings (SSSR count). The van der Waals surface area contributed by atoms with Crippen molar-refractivity contribution in [3.8, 4) is 0 Å². The summed E-state index contributed by atoms with van der Waals surface area (Å²) >= 11 is 0. The number of carbonyl (C=O) groups is 1. The standard InChI is InChI=1S/C8H14O4/c1-3-4-8(11)12-5-7(10)6(2)9/h3-4,6-7,9-10H,5H2,1-2H3/b4-3+. The minimum atomic E-state index is -1.01. The third-order valence-electron chi connectivity index (χ3n) is 1.26. The predicted molar refractivity (Wildman–Crippen MR) is 43.5 cm³/mol. The van der Waals surface area contributed by atoms with Gasteiger partial charge in [0, 0.05) is 6.08 Å². The molecule has 2 N–H and O–H groups in total. The molecule has 2 unspecified atom stereocenters. The summed E-state index contributed by atoms with van der Waals surface area (Å²) in [6.45, 7) is 2.93. The van der Waals surface area contributed by atoms with Gasteiger partial charge in [-0.05, 0) is 13.8 Å². The first-order valence-corrected chi connectivity index (χ1v) is 3.73. The molecule has 0 spiro atoms. The van der Waals surface area contributed by atoms with Crippen LogP contribution in [0.15, 0.2) is 12.2 Å². The van der Waals surface area contributed by atoms with Crippen LogP contribution in [0.4, 0.5) is 0 Å². The molecular formula is C8H14O4. The zero-order valence-corrected chi connectivity index (χ0v) is 7.23. The molecule has 0 aromatic rings.